The Balaban J connectivity index is 0.000000310. The van der Waals surface area contributed by atoms with Gasteiger partial charge in [-0.05, 0) is 192 Å². The fourth-order valence-corrected chi connectivity index (χ4v) is 7.60. The lowest BCUT2D eigenvalue weighted by atomic mass is 10.1. The third kappa shape index (κ3) is 30.5. The van der Waals surface area contributed by atoms with E-state index >= 15 is 0 Å². The van der Waals surface area contributed by atoms with Crippen molar-refractivity contribution in [2.75, 3.05) is 180 Å². The summed E-state index contributed by atoms with van der Waals surface area (Å²) < 4.78 is 0. The van der Waals surface area contributed by atoms with Gasteiger partial charge in [0, 0.05) is 52.4 Å². The molecule has 7 fully saturated rings. The zero-order valence-electron chi connectivity index (χ0n) is 37.8. The SMILES string of the molecule is CCN1CCCCC1.CCN1CCCCC1.CCN1CCN(C)CC1.CN1CCCC1.CN1CCCCC1.CN1CCCCC1.CN1CCN(C)CC1. The summed E-state index contributed by atoms with van der Waals surface area (Å²) in [5, 5.41) is 0. The maximum absolute atomic E-state index is 2.52. The highest BCUT2D eigenvalue weighted by molar-refractivity contribution is 4.68. The van der Waals surface area contributed by atoms with Gasteiger partial charge in [0.25, 0.3) is 0 Å². The first-order valence-corrected chi connectivity index (χ1v) is 22.9. The van der Waals surface area contributed by atoms with Gasteiger partial charge in [0.2, 0.25) is 0 Å². The Morgan fingerprint density at radius 3 is 0.547 bits per heavy atom. The van der Waals surface area contributed by atoms with E-state index in [2.05, 4.69) is 107 Å². The predicted octanol–water partition coefficient (Wildman–Crippen LogP) is 6.02. The van der Waals surface area contributed by atoms with Crippen LogP contribution in [0.2, 0.25) is 0 Å². The van der Waals surface area contributed by atoms with Crippen molar-refractivity contribution in [1.29, 1.82) is 0 Å². The third-order valence-corrected chi connectivity index (χ3v) is 12.1. The van der Waals surface area contributed by atoms with E-state index in [1.165, 1.54) is 227 Å². The van der Waals surface area contributed by atoms with Crippen LogP contribution in [-0.2, 0) is 0 Å². The van der Waals surface area contributed by atoms with Crippen LogP contribution in [0.15, 0.2) is 0 Å². The molecule has 53 heavy (non-hydrogen) atoms. The average molecular weight is 752 g/mol. The van der Waals surface area contributed by atoms with Crippen LogP contribution in [0.5, 0.6) is 0 Å². The molecule has 0 aliphatic carbocycles. The molecule has 0 bridgehead atoms. The van der Waals surface area contributed by atoms with Gasteiger partial charge >= 0.3 is 0 Å². The van der Waals surface area contributed by atoms with Crippen LogP contribution in [0.25, 0.3) is 0 Å². The summed E-state index contributed by atoms with van der Waals surface area (Å²) in [6, 6.07) is 0. The molecule has 0 spiro atoms. The fourth-order valence-electron chi connectivity index (χ4n) is 7.60. The van der Waals surface area contributed by atoms with Crippen molar-refractivity contribution in [2.24, 2.45) is 0 Å². The molecule has 7 rings (SSSR count). The Kier molecular flexibility index (Phi) is 33.3. The number of rotatable bonds is 3. The molecule has 0 aromatic heterocycles. The average Bonchev–Trinajstić information content (AvgIpc) is 3.70. The van der Waals surface area contributed by atoms with E-state index in [0.29, 0.717) is 0 Å². The minimum absolute atomic E-state index is 1.22. The molecular weight excluding hydrogens is 655 g/mol. The van der Waals surface area contributed by atoms with Gasteiger partial charge in [-0.15, -0.1) is 0 Å². The minimum Gasteiger partial charge on any atom is -0.306 e. The Hall–Kier alpha value is -0.360. The maximum atomic E-state index is 2.52. The number of nitrogens with zero attached hydrogens (tertiary/aromatic N) is 9. The maximum Gasteiger partial charge on any atom is 0.0110 e. The number of piperazine rings is 2. The number of hydrogen-bond acceptors (Lipinski definition) is 9. The Morgan fingerprint density at radius 2 is 0.377 bits per heavy atom. The number of piperidine rings is 4. The molecule has 0 atom stereocenters. The molecule has 0 N–H and O–H groups in total. The Bertz CT molecular complexity index is 683. The van der Waals surface area contributed by atoms with Crippen molar-refractivity contribution < 1.29 is 0 Å². The monoisotopic (exact) mass is 752 g/mol. The second-order valence-electron chi connectivity index (χ2n) is 17.1. The number of likely N-dealkylation sites (N-methyl/N-ethyl adjacent to an activating group) is 4. The fraction of sp³-hybridized carbons (Fsp3) is 1.00. The lowest BCUT2D eigenvalue weighted by Crippen LogP contribution is -2.44. The van der Waals surface area contributed by atoms with Gasteiger partial charge in [0.1, 0.15) is 0 Å². The normalized spacial score (nSPS) is 24.8. The quantitative estimate of drug-likeness (QED) is 0.344. The molecule has 0 amide bonds. The molecule has 318 valence electrons. The molecule has 0 aromatic rings. The van der Waals surface area contributed by atoms with Crippen molar-refractivity contribution >= 4 is 0 Å². The number of likely N-dealkylation sites (tertiary alicyclic amines) is 5. The number of hydrogen-bond donors (Lipinski definition) is 0. The van der Waals surface area contributed by atoms with Crippen molar-refractivity contribution in [3.8, 4) is 0 Å². The Labute approximate surface area is 333 Å². The standard InChI is InChI=1S/C7H16N2.2C7H15N.C6H14N2.2C6H13N.C5H11N/c1-3-9-6-4-8(2)5-7-9;2*1-2-8-6-4-3-5-7-8;1-7-3-5-8(2)6-4-7;2*1-7-5-3-2-4-6-7;1-6-4-2-3-5-6/h3-7H2,1-2H3;2*2-7H2,1H3;3-6H2,1-2H3;2*2-6H2,1H3;2-5H2,1H3. The van der Waals surface area contributed by atoms with Gasteiger partial charge in [0.05, 0.1) is 0 Å². The van der Waals surface area contributed by atoms with Gasteiger partial charge in [-0.3, -0.25) is 0 Å². The first-order valence-electron chi connectivity index (χ1n) is 22.9. The van der Waals surface area contributed by atoms with E-state index in [-0.39, 0.29) is 0 Å². The van der Waals surface area contributed by atoms with Crippen molar-refractivity contribution in [3.63, 3.8) is 0 Å². The summed E-state index contributed by atoms with van der Waals surface area (Å²) in [4.78, 5) is 21.8. The van der Waals surface area contributed by atoms with Crippen LogP contribution in [0.1, 0.15) is 111 Å². The van der Waals surface area contributed by atoms with Gasteiger partial charge in [0.15, 0.2) is 0 Å². The lowest BCUT2D eigenvalue weighted by molar-refractivity contribution is 0.160. The summed E-state index contributed by atoms with van der Waals surface area (Å²) >= 11 is 0. The van der Waals surface area contributed by atoms with Gasteiger partial charge in [-0.25, -0.2) is 0 Å². The summed E-state index contributed by atoms with van der Waals surface area (Å²) in [6.45, 7) is 33.7. The van der Waals surface area contributed by atoms with E-state index in [9.17, 15) is 0 Å². The lowest BCUT2D eigenvalue weighted by Gasteiger charge is -2.31. The molecule has 0 saturated carbocycles. The van der Waals surface area contributed by atoms with Crippen LogP contribution < -0.4 is 0 Å². The molecule has 0 unspecified atom stereocenters. The van der Waals surface area contributed by atoms with E-state index in [0.717, 1.165) is 0 Å². The van der Waals surface area contributed by atoms with E-state index in [4.69, 9.17) is 0 Å². The third-order valence-electron chi connectivity index (χ3n) is 12.1. The smallest absolute Gasteiger partial charge is 0.0110 e. The van der Waals surface area contributed by atoms with Crippen LogP contribution in [0.4, 0.5) is 0 Å². The second-order valence-corrected chi connectivity index (χ2v) is 17.1. The zero-order valence-corrected chi connectivity index (χ0v) is 37.8. The van der Waals surface area contributed by atoms with Gasteiger partial charge in [-0.1, -0.05) is 46.5 Å². The molecular formula is C44H97N9. The first-order chi connectivity index (χ1) is 25.7. The summed E-state index contributed by atoms with van der Waals surface area (Å²) in [6.07, 6.45) is 20.0. The molecule has 7 aliphatic heterocycles. The van der Waals surface area contributed by atoms with E-state index < -0.39 is 0 Å². The summed E-state index contributed by atoms with van der Waals surface area (Å²) in [7, 11) is 13.1. The molecule has 0 aromatic carbocycles. The van der Waals surface area contributed by atoms with Crippen LogP contribution >= 0.6 is 0 Å². The molecule has 7 aliphatic rings. The molecule has 7 saturated heterocycles. The molecule has 0 radical (unpaired) electrons. The largest absolute Gasteiger partial charge is 0.306 e. The van der Waals surface area contributed by atoms with Crippen LogP contribution in [-0.4, -0.2) is 224 Å². The Morgan fingerprint density at radius 1 is 0.208 bits per heavy atom. The van der Waals surface area contributed by atoms with Gasteiger partial charge < -0.3 is 44.1 Å². The highest BCUT2D eigenvalue weighted by Gasteiger charge is 2.11. The van der Waals surface area contributed by atoms with Crippen molar-refractivity contribution in [3.05, 3.63) is 0 Å². The summed E-state index contributed by atoms with van der Waals surface area (Å²) in [5.74, 6) is 0. The molecule has 7 heterocycles. The first kappa shape index (κ1) is 50.7. The summed E-state index contributed by atoms with van der Waals surface area (Å²) in [5.41, 5.74) is 0. The topological polar surface area (TPSA) is 29.2 Å². The van der Waals surface area contributed by atoms with Crippen LogP contribution in [0.3, 0.4) is 0 Å². The highest BCUT2D eigenvalue weighted by atomic mass is 15.2. The van der Waals surface area contributed by atoms with E-state index in [1.807, 2.05) is 0 Å². The van der Waals surface area contributed by atoms with Crippen LogP contribution in [0, 0.1) is 0 Å². The molecule has 9 nitrogen and oxygen atoms in total. The zero-order chi connectivity index (χ0) is 38.9. The van der Waals surface area contributed by atoms with Crippen molar-refractivity contribution in [1.82, 2.24) is 44.1 Å². The van der Waals surface area contributed by atoms with Gasteiger partial charge in [-0.2, -0.15) is 0 Å². The molecule has 9 heteroatoms. The predicted molar refractivity (Wildman–Crippen MR) is 236 cm³/mol. The second kappa shape index (κ2) is 34.9. The minimum atomic E-state index is 1.22. The van der Waals surface area contributed by atoms with E-state index in [1.54, 1.807) is 0 Å². The highest BCUT2D eigenvalue weighted by Crippen LogP contribution is 2.08. The van der Waals surface area contributed by atoms with Crippen molar-refractivity contribution in [2.45, 2.75) is 111 Å².